The first-order valence-electron chi connectivity index (χ1n) is 13.0. The van der Waals surface area contributed by atoms with E-state index in [2.05, 4.69) is 40.2 Å². The highest BCUT2D eigenvalue weighted by Gasteiger charge is 2.21. The highest BCUT2D eigenvalue weighted by atomic mass is 16.5. The van der Waals surface area contributed by atoms with Crippen LogP contribution in [0.2, 0.25) is 0 Å². The van der Waals surface area contributed by atoms with Crippen LogP contribution in [0.25, 0.3) is 5.65 Å². The first-order valence-corrected chi connectivity index (χ1v) is 13.0. The SMILES string of the molecule is CC(C)c1cnn2c(NCc3cccc(NC(=O)C4CCCCN4)c3)nc(NC3CCCOC3)nc12. The lowest BCUT2D eigenvalue weighted by Crippen LogP contribution is -2.43. The maximum atomic E-state index is 12.6. The van der Waals surface area contributed by atoms with E-state index < -0.39 is 0 Å². The van der Waals surface area contributed by atoms with E-state index in [4.69, 9.17) is 14.7 Å². The van der Waals surface area contributed by atoms with Crippen LogP contribution in [0.5, 0.6) is 0 Å². The number of nitrogens with one attached hydrogen (secondary N) is 4. The van der Waals surface area contributed by atoms with E-state index in [0.29, 0.717) is 25.0 Å². The Morgan fingerprint density at radius 1 is 1.22 bits per heavy atom. The number of anilines is 3. The molecule has 36 heavy (non-hydrogen) atoms. The summed E-state index contributed by atoms with van der Waals surface area (Å²) >= 11 is 0. The minimum absolute atomic E-state index is 0.0254. The topological polar surface area (TPSA) is 118 Å². The van der Waals surface area contributed by atoms with Crippen LogP contribution in [0.4, 0.5) is 17.6 Å². The van der Waals surface area contributed by atoms with E-state index in [0.717, 1.165) is 67.7 Å². The number of rotatable bonds is 8. The van der Waals surface area contributed by atoms with Crippen molar-refractivity contribution in [2.75, 3.05) is 35.7 Å². The van der Waals surface area contributed by atoms with E-state index in [1.54, 1.807) is 4.52 Å². The zero-order valence-electron chi connectivity index (χ0n) is 21.1. The minimum atomic E-state index is -0.120. The van der Waals surface area contributed by atoms with Gasteiger partial charge in [-0.25, -0.2) is 0 Å². The predicted molar refractivity (Wildman–Crippen MR) is 140 cm³/mol. The lowest BCUT2D eigenvalue weighted by Gasteiger charge is -2.23. The number of carbonyl (C=O) groups excluding carboxylic acids is 1. The molecule has 2 aromatic heterocycles. The number of fused-ring (bicyclic) bond motifs is 1. The summed E-state index contributed by atoms with van der Waals surface area (Å²) in [5.41, 5.74) is 3.69. The van der Waals surface area contributed by atoms with Gasteiger partial charge in [0, 0.05) is 24.4 Å². The Hall–Kier alpha value is -3.24. The molecule has 1 aromatic carbocycles. The van der Waals surface area contributed by atoms with Crippen LogP contribution < -0.4 is 21.3 Å². The average Bonchev–Trinajstić information content (AvgIpc) is 3.33. The summed E-state index contributed by atoms with van der Waals surface area (Å²) < 4.78 is 7.38. The fraction of sp³-hybridized carbons (Fsp3) is 0.538. The largest absolute Gasteiger partial charge is 0.379 e. The van der Waals surface area contributed by atoms with Crippen LogP contribution in [0, 0.1) is 0 Å². The monoisotopic (exact) mass is 492 g/mol. The Morgan fingerprint density at radius 2 is 2.14 bits per heavy atom. The Kier molecular flexibility index (Phi) is 7.62. The van der Waals surface area contributed by atoms with Crippen molar-refractivity contribution in [1.29, 1.82) is 0 Å². The molecule has 4 N–H and O–H groups in total. The molecule has 2 fully saturated rings. The van der Waals surface area contributed by atoms with Crippen molar-refractivity contribution in [3.63, 3.8) is 0 Å². The first-order chi connectivity index (χ1) is 17.6. The second-order valence-electron chi connectivity index (χ2n) is 9.96. The highest BCUT2D eigenvalue weighted by Crippen LogP contribution is 2.23. The lowest BCUT2D eigenvalue weighted by atomic mass is 10.0. The van der Waals surface area contributed by atoms with Crippen LogP contribution in [-0.2, 0) is 16.1 Å². The summed E-state index contributed by atoms with van der Waals surface area (Å²) in [6.45, 7) is 7.16. The van der Waals surface area contributed by atoms with Crippen molar-refractivity contribution in [1.82, 2.24) is 24.9 Å². The molecule has 2 saturated heterocycles. The molecule has 2 atom stereocenters. The molecule has 10 nitrogen and oxygen atoms in total. The molecule has 3 aromatic rings. The summed E-state index contributed by atoms with van der Waals surface area (Å²) in [5, 5.41) is 17.8. The van der Waals surface area contributed by atoms with Gasteiger partial charge in [0.25, 0.3) is 0 Å². The summed E-state index contributed by atoms with van der Waals surface area (Å²) in [5.74, 6) is 1.50. The van der Waals surface area contributed by atoms with Gasteiger partial charge in [-0.2, -0.15) is 19.6 Å². The van der Waals surface area contributed by atoms with Crippen LogP contribution in [0.1, 0.15) is 63.0 Å². The number of carbonyl (C=O) groups is 1. The second kappa shape index (κ2) is 11.2. The summed E-state index contributed by atoms with van der Waals surface area (Å²) in [6, 6.07) is 7.97. The zero-order valence-corrected chi connectivity index (χ0v) is 21.1. The van der Waals surface area contributed by atoms with Gasteiger partial charge in [-0.05, 0) is 55.8 Å². The Morgan fingerprint density at radius 3 is 2.92 bits per heavy atom. The second-order valence-corrected chi connectivity index (χ2v) is 9.96. The van der Waals surface area contributed by atoms with Crippen molar-refractivity contribution in [2.24, 2.45) is 0 Å². The maximum Gasteiger partial charge on any atom is 0.241 e. The minimum Gasteiger partial charge on any atom is -0.379 e. The normalized spacial score (nSPS) is 20.4. The molecular weight excluding hydrogens is 456 g/mol. The van der Waals surface area contributed by atoms with Gasteiger partial charge >= 0.3 is 0 Å². The number of nitrogens with zero attached hydrogens (tertiary/aromatic N) is 4. The number of ether oxygens (including phenoxy) is 1. The van der Waals surface area contributed by atoms with E-state index in [9.17, 15) is 4.79 Å². The Bertz CT molecular complexity index is 1180. The predicted octanol–water partition coefficient (Wildman–Crippen LogP) is 3.53. The van der Waals surface area contributed by atoms with Crippen LogP contribution in [0.3, 0.4) is 0 Å². The van der Waals surface area contributed by atoms with E-state index in [1.165, 1.54) is 0 Å². The van der Waals surface area contributed by atoms with Crippen molar-refractivity contribution in [2.45, 2.75) is 70.5 Å². The van der Waals surface area contributed by atoms with Crippen molar-refractivity contribution in [3.8, 4) is 0 Å². The molecule has 192 valence electrons. The number of benzene rings is 1. The number of amides is 1. The summed E-state index contributed by atoms with van der Waals surface area (Å²) in [4.78, 5) is 22.2. The molecule has 0 radical (unpaired) electrons. The third kappa shape index (κ3) is 5.76. The summed E-state index contributed by atoms with van der Waals surface area (Å²) in [7, 11) is 0. The fourth-order valence-electron chi connectivity index (χ4n) is 4.76. The third-order valence-electron chi connectivity index (χ3n) is 6.78. The molecule has 2 aliphatic rings. The van der Waals surface area contributed by atoms with Gasteiger partial charge in [-0.1, -0.05) is 32.4 Å². The van der Waals surface area contributed by atoms with E-state index >= 15 is 0 Å². The molecule has 2 aliphatic heterocycles. The lowest BCUT2D eigenvalue weighted by molar-refractivity contribution is -0.118. The molecule has 1 amide bonds. The molecule has 0 spiro atoms. The van der Waals surface area contributed by atoms with Crippen molar-refractivity contribution < 1.29 is 9.53 Å². The highest BCUT2D eigenvalue weighted by molar-refractivity contribution is 5.94. The quantitative estimate of drug-likeness (QED) is 0.377. The molecule has 4 heterocycles. The zero-order chi connectivity index (χ0) is 24.9. The van der Waals surface area contributed by atoms with Crippen LogP contribution in [0.15, 0.2) is 30.5 Å². The number of hydrogen-bond acceptors (Lipinski definition) is 8. The smallest absolute Gasteiger partial charge is 0.241 e. The Labute approximate surface area is 211 Å². The first kappa shape index (κ1) is 24.5. The maximum absolute atomic E-state index is 12.6. The number of aromatic nitrogens is 4. The molecule has 0 saturated carbocycles. The van der Waals surface area contributed by atoms with Gasteiger partial charge in [0.1, 0.15) is 0 Å². The molecule has 0 aliphatic carbocycles. The van der Waals surface area contributed by atoms with Gasteiger partial charge < -0.3 is 26.0 Å². The van der Waals surface area contributed by atoms with Gasteiger partial charge in [0.15, 0.2) is 5.65 Å². The van der Waals surface area contributed by atoms with E-state index in [-0.39, 0.29) is 23.9 Å². The van der Waals surface area contributed by atoms with Gasteiger partial charge in [-0.15, -0.1) is 0 Å². The molecule has 10 heteroatoms. The third-order valence-corrected chi connectivity index (χ3v) is 6.78. The van der Waals surface area contributed by atoms with E-state index in [1.807, 2.05) is 30.5 Å². The van der Waals surface area contributed by atoms with Crippen molar-refractivity contribution in [3.05, 3.63) is 41.6 Å². The van der Waals surface area contributed by atoms with Gasteiger partial charge in [0.05, 0.1) is 24.9 Å². The van der Waals surface area contributed by atoms with Gasteiger partial charge in [-0.3, -0.25) is 4.79 Å². The number of hydrogen-bond donors (Lipinski definition) is 4. The van der Waals surface area contributed by atoms with Crippen LogP contribution in [-0.4, -0.2) is 57.3 Å². The standard InChI is InChI=1S/C26H36N8O2/c1-17(2)21-15-29-34-23(21)32-25(31-20-9-6-12-36-16-20)33-26(34)28-14-18-7-5-8-19(13-18)30-24(35)22-10-3-4-11-27-22/h5,7-8,13,15,17,20,22,27H,3-4,6,9-12,14,16H2,1-2H3,(H,30,35)(H2,28,31,32,33). The molecule has 2 unspecified atom stereocenters. The molecule has 0 bridgehead atoms. The summed E-state index contributed by atoms with van der Waals surface area (Å²) in [6.07, 6.45) is 7.01. The van der Waals surface area contributed by atoms with Crippen molar-refractivity contribution >= 4 is 29.1 Å². The Balaban J connectivity index is 1.32. The van der Waals surface area contributed by atoms with Crippen LogP contribution >= 0.6 is 0 Å². The fourth-order valence-corrected chi connectivity index (χ4v) is 4.76. The molecule has 5 rings (SSSR count). The molecular formula is C26H36N8O2. The average molecular weight is 493 g/mol. The number of piperidine rings is 1. The van der Waals surface area contributed by atoms with Gasteiger partial charge in [0.2, 0.25) is 17.8 Å².